The standard InChI is InChI=1S/C11H18N2O2/c12-6-11(3-4-11)10(14)13-8-5-7-1-2-9(8)15-7/h7-9H,1-6,12H2,(H,13,14). The van der Waals surface area contributed by atoms with Gasteiger partial charge in [-0.1, -0.05) is 0 Å². The first-order valence-electron chi connectivity index (χ1n) is 5.90. The van der Waals surface area contributed by atoms with Gasteiger partial charge < -0.3 is 15.8 Å². The lowest BCUT2D eigenvalue weighted by Gasteiger charge is -2.22. The first-order valence-corrected chi connectivity index (χ1v) is 5.90. The van der Waals surface area contributed by atoms with Crippen molar-refractivity contribution < 1.29 is 9.53 Å². The van der Waals surface area contributed by atoms with Crippen LogP contribution >= 0.6 is 0 Å². The molecule has 1 saturated carbocycles. The number of nitrogens with two attached hydrogens (primary N) is 1. The molecule has 0 radical (unpaired) electrons. The van der Waals surface area contributed by atoms with Gasteiger partial charge in [0.25, 0.3) is 0 Å². The number of nitrogens with one attached hydrogen (secondary N) is 1. The SMILES string of the molecule is NCC1(C(=O)NC2CC3CCC2O3)CC1. The molecule has 1 aliphatic carbocycles. The van der Waals surface area contributed by atoms with E-state index in [9.17, 15) is 4.79 Å². The number of amides is 1. The van der Waals surface area contributed by atoms with Crippen LogP contribution in [0.4, 0.5) is 0 Å². The molecule has 0 spiro atoms. The zero-order valence-corrected chi connectivity index (χ0v) is 8.87. The highest BCUT2D eigenvalue weighted by Crippen LogP contribution is 2.45. The molecule has 2 saturated heterocycles. The zero-order valence-electron chi connectivity index (χ0n) is 8.87. The van der Waals surface area contributed by atoms with Crippen LogP contribution in [0.3, 0.4) is 0 Å². The van der Waals surface area contributed by atoms with Crippen LogP contribution < -0.4 is 11.1 Å². The fraction of sp³-hybridized carbons (Fsp3) is 0.909. The third-order valence-corrected chi connectivity index (χ3v) is 4.15. The van der Waals surface area contributed by atoms with Crippen LogP contribution in [-0.4, -0.2) is 30.7 Å². The Morgan fingerprint density at radius 1 is 1.47 bits per heavy atom. The van der Waals surface area contributed by atoms with Crippen LogP contribution in [0.2, 0.25) is 0 Å². The van der Waals surface area contributed by atoms with Crippen molar-refractivity contribution in [2.45, 2.75) is 50.4 Å². The minimum atomic E-state index is -0.220. The Bertz CT molecular complexity index is 288. The highest BCUT2D eigenvalue weighted by molar-refractivity contribution is 5.85. The van der Waals surface area contributed by atoms with Gasteiger partial charge in [-0.05, 0) is 32.1 Å². The molecule has 4 heteroatoms. The van der Waals surface area contributed by atoms with Crippen molar-refractivity contribution in [3.05, 3.63) is 0 Å². The molecule has 84 valence electrons. The van der Waals surface area contributed by atoms with E-state index >= 15 is 0 Å². The van der Waals surface area contributed by atoms with E-state index in [0.717, 1.165) is 25.7 Å². The van der Waals surface area contributed by atoms with Gasteiger partial charge in [0, 0.05) is 6.54 Å². The largest absolute Gasteiger partial charge is 0.373 e. The van der Waals surface area contributed by atoms with Gasteiger partial charge in [0.2, 0.25) is 5.91 Å². The molecule has 0 aromatic carbocycles. The summed E-state index contributed by atoms with van der Waals surface area (Å²) in [5, 5.41) is 3.12. The van der Waals surface area contributed by atoms with Gasteiger partial charge in [0.15, 0.2) is 0 Å². The molecule has 3 aliphatic rings. The molecule has 2 heterocycles. The second-order valence-electron chi connectivity index (χ2n) is 5.17. The van der Waals surface area contributed by atoms with Crippen LogP contribution in [0.15, 0.2) is 0 Å². The summed E-state index contributed by atoms with van der Waals surface area (Å²) in [6, 6.07) is 0.250. The van der Waals surface area contributed by atoms with Gasteiger partial charge in [-0.15, -0.1) is 0 Å². The first-order chi connectivity index (χ1) is 7.23. The molecule has 1 amide bonds. The van der Waals surface area contributed by atoms with Gasteiger partial charge in [-0.25, -0.2) is 0 Å². The Kier molecular flexibility index (Phi) is 2.04. The van der Waals surface area contributed by atoms with Gasteiger partial charge in [0.1, 0.15) is 0 Å². The predicted octanol–water partition coefficient (Wildman–Crippen LogP) is 0.161. The Labute approximate surface area is 89.5 Å². The van der Waals surface area contributed by atoms with E-state index in [1.165, 1.54) is 6.42 Å². The lowest BCUT2D eigenvalue weighted by atomic mass is 9.94. The molecule has 2 bridgehead atoms. The normalized spacial score (nSPS) is 40.5. The average Bonchev–Trinajstić information content (AvgIpc) is 2.79. The molecule has 4 nitrogen and oxygen atoms in total. The molecule has 3 rings (SSSR count). The molecule has 3 unspecified atom stereocenters. The summed E-state index contributed by atoms with van der Waals surface area (Å²) in [6.07, 6.45) is 5.84. The van der Waals surface area contributed by atoms with Crippen molar-refractivity contribution in [1.82, 2.24) is 5.32 Å². The third-order valence-electron chi connectivity index (χ3n) is 4.15. The maximum Gasteiger partial charge on any atom is 0.227 e. The summed E-state index contributed by atoms with van der Waals surface area (Å²) in [5.74, 6) is 0.158. The fourth-order valence-electron chi connectivity index (χ4n) is 2.79. The monoisotopic (exact) mass is 210 g/mol. The van der Waals surface area contributed by atoms with E-state index < -0.39 is 0 Å². The fourth-order valence-corrected chi connectivity index (χ4v) is 2.79. The summed E-state index contributed by atoms with van der Waals surface area (Å²) in [5.41, 5.74) is 5.41. The number of fused-ring (bicyclic) bond motifs is 2. The van der Waals surface area contributed by atoms with Crippen molar-refractivity contribution in [3.63, 3.8) is 0 Å². The van der Waals surface area contributed by atoms with Crippen LogP contribution in [0.1, 0.15) is 32.1 Å². The van der Waals surface area contributed by atoms with Crippen LogP contribution in [-0.2, 0) is 9.53 Å². The topological polar surface area (TPSA) is 64.4 Å². The number of carbonyl (C=O) groups excluding carboxylic acids is 1. The second-order valence-corrected chi connectivity index (χ2v) is 5.17. The van der Waals surface area contributed by atoms with Crippen molar-refractivity contribution in [3.8, 4) is 0 Å². The van der Waals surface area contributed by atoms with E-state index in [0.29, 0.717) is 12.6 Å². The zero-order chi connectivity index (χ0) is 10.5. The Morgan fingerprint density at radius 3 is 2.73 bits per heavy atom. The van der Waals surface area contributed by atoms with Crippen molar-refractivity contribution in [1.29, 1.82) is 0 Å². The van der Waals surface area contributed by atoms with Crippen molar-refractivity contribution in [2.24, 2.45) is 11.1 Å². The highest BCUT2D eigenvalue weighted by atomic mass is 16.5. The van der Waals surface area contributed by atoms with Crippen LogP contribution in [0, 0.1) is 5.41 Å². The molecule has 0 aromatic rings. The molecular formula is C11H18N2O2. The molecule has 3 N–H and O–H groups in total. The van der Waals surface area contributed by atoms with Crippen molar-refractivity contribution in [2.75, 3.05) is 6.54 Å². The molecule has 3 atom stereocenters. The van der Waals surface area contributed by atoms with Crippen molar-refractivity contribution >= 4 is 5.91 Å². The van der Waals surface area contributed by atoms with Gasteiger partial charge in [0.05, 0.1) is 23.7 Å². The van der Waals surface area contributed by atoms with E-state index in [-0.39, 0.29) is 23.5 Å². The molecule has 2 aliphatic heterocycles. The highest BCUT2D eigenvalue weighted by Gasteiger charge is 2.50. The minimum absolute atomic E-state index is 0.158. The summed E-state index contributed by atoms with van der Waals surface area (Å²) >= 11 is 0. The van der Waals surface area contributed by atoms with Gasteiger partial charge >= 0.3 is 0 Å². The molecular weight excluding hydrogens is 192 g/mol. The number of rotatable bonds is 3. The molecule has 3 fully saturated rings. The minimum Gasteiger partial charge on any atom is -0.373 e. The van der Waals surface area contributed by atoms with Gasteiger partial charge in [-0.2, -0.15) is 0 Å². The summed E-state index contributed by atoms with van der Waals surface area (Å²) < 4.78 is 5.71. The lowest BCUT2D eigenvalue weighted by Crippen LogP contribution is -2.46. The van der Waals surface area contributed by atoms with E-state index in [1.807, 2.05) is 0 Å². The van der Waals surface area contributed by atoms with Gasteiger partial charge in [-0.3, -0.25) is 4.79 Å². The van der Waals surface area contributed by atoms with E-state index in [1.54, 1.807) is 0 Å². The van der Waals surface area contributed by atoms with Crippen LogP contribution in [0.5, 0.6) is 0 Å². The molecule has 0 aromatic heterocycles. The first kappa shape index (κ1) is 9.60. The maximum atomic E-state index is 11.9. The average molecular weight is 210 g/mol. The number of hydrogen-bond donors (Lipinski definition) is 2. The number of carbonyl (C=O) groups is 1. The smallest absolute Gasteiger partial charge is 0.227 e. The molecule has 15 heavy (non-hydrogen) atoms. The Morgan fingerprint density at radius 2 is 2.27 bits per heavy atom. The summed E-state index contributed by atoms with van der Waals surface area (Å²) in [4.78, 5) is 11.9. The Balaban J connectivity index is 1.60. The summed E-state index contributed by atoms with van der Waals surface area (Å²) in [7, 11) is 0. The quantitative estimate of drug-likeness (QED) is 0.697. The van der Waals surface area contributed by atoms with E-state index in [4.69, 9.17) is 10.5 Å². The summed E-state index contributed by atoms with van der Waals surface area (Å²) in [6.45, 7) is 0.487. The second kappa shape index (κ2) is 3.19. The number of ether oxygens (including phenoxy) is 1. The number of hydrogen-bond acceptors (Lipinski definition) is 3. The van der Waals surface area contributed by atoms with Crippen LogP contribution in [0.25, 0.3) is 0 Å². The Hall–Kier alpha value is -0.610. The van der Waals surface area contributed by atoms with E-state index in [2.05, 4.69) is 5.32 Å². The maximum absolute atomic E-state index is 11.9. The lowest BCUT2D eigenvalue weighted by molar-refractivity contribution is -0.127. The predicted molar refractivity (Wildman–Crippen MR) is 55.2 cm³/mol. The third kappa shape index (κ3) is 1.47.